The van der Waals surface area contributed by atoms with Gasteiger partial charge in [0, 0.05) is 12.6 Å². The summed E-state index contributed by atoms with van der Waals surface area (Å²) in [6.45, 7) is 5.88. The number of carbonyl (C=O) groups is 2. The van der Waals surface area contributed by atoms with Crippen molar-refractivity contribution in [3.8, 4) is 17.4 Å². The lowest BCUT2D eigenvalue weighted by Crippen LogP contribution is -2.45. The number of nitrogens with one attached hydrogen (secondary N) is 1. The highest BCUT2D eigenvalue weighted by atomic mass is 19.1. The van der Waals surface area contributed by atoms with Crippen LogP contribution in [-0.2, 0) is 16.0 Å². The third-order valence-electron chi connectivity index (χ3n) is 6.63. The molecule has 204 valence electrons. The summed E-state index contributed by atoms with van der Waals surface area (Å²) in [6.07, 6.45) is 3.82. The van der Waals surface area contributed by atoms with E-state index in [9.17, 15) is 14.0 Å². The molecule has 0 saturated carbocycles. The number of hydrogen-bond acceptors (Lipinski definition) is 6. The molecule has 0 spiro atoms. The van der Waals surface area contributed by atoms with E-state index >= 15 is 0 Å². The van der Waals surface area contributed by atoms with Crippen molar-refractivity contribution >= 4 is 17.7 Å². The Morgan fingerprint density at radius 3 is 2.59 bits per heavy atom. The Balaban J connectivity index is 1.17. The minimum Gasteiger partial charge on any atom is -0.485 e. The van der Waals surface area contributed by atoms with Crippen molar-refractivity contribution in [2.24, 2.45) is 0 Å². The molecule has 1 unspecified atom stereocenters. The van der Waals surface area contributed by atoms with E-state index in [1.165, 1.54) is 23.2 Å². The molecule has 2 aromatic carbocycles. The Bertz CT molecular complexity index is 1340. The maximum absolute atomic E-state index is 13.2. The molecule has 1 aromatic heterocycles. The topological polar surface area (TPSA) is 90.0 Å². The number of anilines is 1. The number of pyridine rings is 1. The van der Waals surface area contributed by atoms with Crippen LogP contribution >= 0.6 is 0 Å². The molecule has 2 amide bonds. The lowest BCUT2D eigenvalue weighted by Gasteiger charge is -2.28. The minimum absolute atomic E-state index is 0.116. The summed E-state index contributed by atoms with van der Waals surface area (Å²) in [6, 6.07) is 14.8. The van der Waals surface area contributed by atoms with Gasteiger partial charge in [-0.15, -0.1) is 0 Å². The summed E-state index contributed by atoms with van der Waals surface area (Å²) in [5.41, 5.74) is 1.86. The van der Waals surface area contributed by atoms with Crippen LogP contribution in [0.15, 0.2) is 60.8 Å². The third kappa shape index (κ3) is 6.47. The SMILES string of the molecule is CC(C)(C)OC(=O)N1CCC[C@H]1C(=O)Nc1ccc(Oc2ccc3c(c2)CCC(c2ccc(F)cc2)O3)nc1. The summed E-state index contributed by atoms with van der Waals surface area (Å²) in [5.74, 6) is 1.24. The lowest BCUT2D eigenvalue weighted by molar-refractivity contribution is -0.120. The van der Waals surface area contributed by atoms with E-state index in [0.717, 1.165) is 36.1 Å². The summed E-state index contributed by atoms with van der Waals surface area (Å²) in [7, 11) is 0. The Morgan fingerprint density at radius 2 is 1.87 bits per heavy atom. The van der Waals surface area contributed by atoms with Crippen LogP contribution in [0.3, 0.4) is 0 Å². The number of carbonyl (C=O) groups excluding carboxylic acids is 2. The highest BCUT2D eigenvalue weighted by Crippen LogP contribution is 2.37. The van der Waals surface area contributed by atoms with Crippen molar-refractivity contribution in [1.29, 1.82) is 0 Å². The zero-order chi connectivity index (χ0) is 27.6. The van der Waals surface area contributed by atoms with Crippen LogP contribution in [0, 0.1) is 5.82 Å². The number of halogens is 1. The molecule has 1 N–H and O–H groups in total. The molecule has 2 aliphatic heterocycles. The predicted octanol–water partition coefficient (Wildman–Crippen LogP) is 6.42. The summed E-state index contributed by atoms with van der Waals surface area (Å²) < 4.78 is 30.8. The Kier molecular flexibility index (Phi) is 7.41. The highest BCUT2D eigenvalue weighted by molar-refractivity contribution is 5.96. The second-order valence-corrected chi connectivity index (χ2v) is 10.8. The molecule has 8 nitrogen and oxygen atoms in total. The number of hydrogen-bond donors (Lipinski definition) is 1. The van der Waals surface area contributed by atoms with Crippen LogP contribution in [-0.4, -0.2) is 40.1 Å². The Hall–Kier alpha value is -4.14. The monoisotopic (exact) mass is 533 g/mol. The molecule has 1 fully saturated rings. The standard InChI is InChI=1S/C30H32FN3O5/c1-30(2,3)39-29(36)34-16-4-5-24(34)28(35)33-22-11-15-27(32-18-22)37-23-12-14-26-20(17-23)8-13-25(38-26)19-6-9-21(31)10-7-19/h6-7,9-12,14-15,17-18,24-25H,4-5,8,13,16H2,1-3H3,(H,33,35)/t24-,25?/m0/s1. The largest absolute Gasteiger partial charge is 0.485 e. The Labute approximate surface area is 227 Å². The van der Waals surface area contributed by atoms with Gasteiger partial charge in [-0.1, -0.05) is 12.1 Å². The third-order valence-corrected chi connectivity index (χ3v) is 6.63. The lowest BCUT2D eigenvalue weighted by atomic mass is 9.97. The maximum atomic E-state index is 13.2. The second kappa shape index (κ2) is 10.9. The van der Waals surface area contributed by atoms with Gasteiger partial charge in [0.2, 0.25) is 11.8 Å². The minimum atomic E-state index is -0.627. The van der Waals surface area contributed by atoms with E-state index in [-0.39, 0.29) is 17.8 Å². The molecule has 1 saturated heterocycles. The number of benzene rings is 2. The fraction of sp³-hybridized carbons (Fsp3) is 0.367. The zero-order valence-corrected chi connectivity index (χ0v) is 22.3. The number of rotatable bonds is 5. The van der Waals surface area contributed by atoms with Crippen LogP contribution in [0.4, 0.5) is 14.9 Å². The van der Waals surface area contributed by atoms with Gasteiger partial charge in [-0.25, -0.2) is 14.2 Å². The van der Waals surface area contributed by atoms with E-state index < -0.39 is 17.7 Å². The van der Waals surface area contributed by atoms with E-state index in [1.807, 2.05) is 18.2 Å². The molecule has 5 rings (SSSR count). The Morgan fingerprint density at radius 1 is 1.08 bits per heavy atom. The fourth-order valence-corrected chi connectivity index (χ4v) is 4.78. The molecule has 2 atom stereocenters. The van der Waals surface area contributed by atoms with Gasteiger partial charge in [-0.2, -0.15) is 0 Å². The van der Waals surface area contributed by atoms with Crippen LogP contribution in [0.25, 0.3) is 0 Å². The summed E-state index contributed by atoms with van der Waals surface area (Å²) in [4.78, 5) is 31.2. The van der Waals surface area contributed by atoms with Gasteiger partial charge in [0.1, 0.15) is 35.1 Å². The van der Waals surface area contributed by atoms with Crippen molar-refractivity contribution in [3.63, 3.8) is 0 Å². The van der Waals surface area contributed by atoms with Crippen LogP contribution in [0.5, 0.6) is 17.4 Å². The molecular weight excluding hydrogens is 501 g/mol. The number of aromatic nitrogens is 1. The number of aryl methyl sites for hydroxylation is 1. The zero-order valence-electron chi connectivity index (χ0n) is 22.3. The van der Waals surface area contributed by atoms with E-state index in [1.54, 1.807) is 45.0 Å². The van der Waals surface area contributed by atoms with Gasteiger partial charge in [0.25, 0.3) is 0 Å². The van der Waals surface area contributed by atoms with Gasteiger partial charge >= 0.3 is 6.09 Å². The quantitative estimate of drug-likeness (QED) is 0.407. The first kappa shape index (κ1) is 26.5. The molecule has 9 heteroatoms. The molecule has 39 heavy (non-hydrogen) atoms. The van der Waals surface area contributed by atoms with Gasteiger partial charge in [-0.05, 0) is 94.0 Å². The number of nitrogens with zero attached hydrogens (tertiary/aromatic N) is 2. The van der Waals surface area contributed by atoms with E-state index in [2.05, 4.69) is 10.3 Å². The van der Waals surface area contributed by atoms with Gasteiger partial charge in [0.05, 0.1) is 11.9 Å². The predicted molar refractivity (Wildman–Crippen MR) is 143 cm³/mol. The summed E-state index contributed by atoms with van der Waals surface area (Å²) in [5, 5.41) is 2.84. The number of amides is 2. The van der Waals surface area contributed by atoms with Gasteiger partial charge in [-0.3, -0.25) is 9.69 Å². The molecule has 3 aromatic rings. The summed E-state index contributed by atoms with van der Waals surface area (Å²) >= 11 is 0. The number of likely N-dealkylation sites (tertiary alicyclic amines) is 1. The van der Waals surface area contributed by atoms with Gasteiger partial charge < -0.3 is 19.5 Å². The van der Waals surface area contributed by atoms with Crippen LogP contribution in [0.2, 0.25) is 0 Å². The average Bonchev–Trinajstić information content (AvgIpc) is 3.40. The molecule has 0 bridgehead atoms. The molecular formula is C30H32FN3O5. The number of fused-ring (bicyclic) bond motifs is 1. The first-order valence-corrected chi connectivity index (χ1v) is 13.1. The van der Waals surface area contributed by atoms with E-state index in [0.29, 0.717) is 30.3 Å². The molecule has 0 aliphatic carbocycles. The highest BCUT2D eigenvalue weighted by Gasteiger charge is 2.36. The first-order chi connectivity index (χ1) is 18.6. The molecule has 0 radical (unpaired) electrons. The van der Waals surface area contributed by atoms with E-state index in [4.69, 9.17) is 14.2 Å². The smallest absolute Gasteiger partial charge is 0.410 e. The van der Waals surface area contributed by atoms with Gasteiger partial charge in [0.15, 0.2) is 0 Å². The van der Waals surface area contributed by atoms with Crippen molar-refractivity contribution < 1.29 is 28.2 Å². The van der Waals surface area contributed by atoms with Crippen molar-refractivity contribution in [2.75, 3.05) is 11.9 Å². The fourth-order valence-electron chi connectivity index (χ4n) is 4.78. The van der Waals surface area contributed by atoms with Crippen molar-refractivity contribution in [3.05, 3.63) is 77.7 Å². The van der Waals surface area contributed by atoms with Crippen LogP contribution in [0.1, 0.15) is 57.3 Å². The molecule has 3 heterocycles. The van der Waals surface area contributed by atoms with Crippen molar-refractivity contribution in [2.45, 2.75) is 64.2 Å². The van der Waals surface area contributed by atoms with Crippen LogP contribution < -0.4 is 14.8 Å². The maximum Gasteiger partial charge on any atom is 0.410 e. The average molecular weight is 534 g/mol. The van der Waals surface area contributed by atoms with Crippen molar-refractivity contribution in [1.82, 2.24) is 9.88 Å². The first-order valence-electron chi connectivity index (χ1n) is 13.1. The second-order valence-electron chi connectivity index (χ2n) is 10.8. The normalized spacial score (nSPS) is 18.6. The molecule has 2 aliphatic rings. The number of ether oxygens (including phenoxy) is 3.